The van der Waals surface area contributed by atoms with Crippen molar-refractivity contribution in [3.63, 3.8) is 0 Å². The van der Waals surface area contributed by atoms with Gasteiger partial charge in [-0.15, -0.1) is 0 Å². The van der Waals surface area contributed by atoms with Crippen LogP contribution < -0.4 is 11.1 Å². The fraction of sp³-hybridized carbons (Fsp3) is 0.500. The second-order valence-electron chi connectivity index (χ2n) is 5.03. The van der Waals surface area contributed by atoms with Gasteiger partial charge < -0.3 is 11.1 Å². The number of carbonyl (C=O) groups excluding carboxylic acids is 1. The molecule has 4 heteroatoms. The van der Waals surface area contributed by atoms with Gasteiger partial charge in [-0.25, -0.2) is 0 Å². The maximum absolute atomic E-state index is 11.4. The number of hydrogen-bond acceptors (Lipinski definition) is 2. The van der Waals surface area contributed by atoms with Crippen molar-refractivity contribution < 1.29 is 4.79 Å². The summed E-state index contributed by atoms with van der Waals surface area (Å²) in [4.78, 5) is 11.4. The minimum atomic E-state index is -0.333. The number of hydrogen-bond donors (Lipinski definition) is 2. The van der Waals surface area contributed by atoms with Crippen molar-refractivity contribution in [1.29, 1.82) is 0 Å². The maximum atomic E-state index is 11.4. The fourth-order valence-corrected chi connectivity index (χ4v) is 2.35. The van der Waals surface area contributed by atoms with E-state index in [1.807, 2.05) is 12.1 Å². The zero-order chi connectivity index (χ0) is 13.2. The topological polar surface area (TPSA) is 55.1 Å². The molecule has 0 atom stereocenters. The number of halogens is 1. The van der Waals surface area contributed by atoms with Crippen LogP contribution in [-0.4, -0.2) is 12.5 Å². The molecule has 3 N–H and O–H groups in total. The minimum Gasteiger partial charge on any atom is -0.369 e. The van der Waals surface area contributed by atoms with Crippen LogP contribution in [0.3, 0.4) is 0 Å². The molecule has 1 aliphatic carbocycles. The Balaban J connectivity index is 2.14. The molecular weight excluding hydrogens is 248 g/mol. The summed E-state index contributed by atoms with van der Waals surface area (Å²) in [5.41, 5.74) is 7.34. The van der Waals surface area contributed by atoms with E-state index in [1.54, 1.807) is 0 Å². The average Bonchev–Trinajstić information content (AvgIpc) is 3.11. The van der Waals surface area contributed by atoms with E-state index < -0.39 is 0 Å². The maximum Gasteiger partial charge on any atom is 0.223 e. The zero-order valence-electron chi connectivity index (χ0n) is 10.6. The van der Waals surface area contributed by atoms with Gasteiger partial charge in [0.15, 0.2) is 0 Å². The van der Waals surface area contributed by atoms with Crippen LogP contribution in [0.2, 0.25) is 5.02 Å². The molecule has 98 valence electrons. The van der Waals surface area contributed by atoms with E-state index in [1.165, 1.54) is 5.56 Å². The number of amides is 1. The van der Waals surface area contributed by atoms with Gasteiger partial charge in [-0.05, 0) is 43.0 Å². The van der Waals surface area contributed by atoms with Gasteiger partial charge in [0, 0.05) is 11.6 Å². The Hall–Kier alpha value is -1.06. The van der Waals surface area contributed by atoms with Crippen molar-refractivity contribution in [2.75, 3.05) is 6.54 Å². The molecule has 0 aromatic heterocycles. The number of carbonyl (C=O) groups is 1. The normalized spacial score (nSPS) is 16.6. The Labute approximate surface area is 113 Å². The van der Waals surface area contributed by atoms with Crippen molar-refractivity contribution in [3.8, 4) is 0 Å². The van der Waals surface area contributed by atoms with Crippen LogP contribution in [0.1, 0.15) is 30.9 Å². The van der Waals surface area contributed by atoms with Crippen LogP contribution in [0.5, 0.6) is 0 Å². The Morgan fingerprint density at radius 2 is 2.22 bits per heavy atom. The number of primary amides is 1. The Kier molecular flexibility index (Phi) is 3.93. The lowest BCUT2D eigenvalue weighted by molar-refractivity contribution is -0.123. The number of rotatable bonds is 6. The van der Waals surface area contributed by atoms with E-state index in [4.69, 9.17) is 17.3 Å². The summed E-state index contributed by atoms with van der Waals surface area (Å²) >= 11 is 6.20. The largest absolute Gasteiger partial charge is 0.369 e. The summed E-state index contributed by atoms with van der Waals surface area (Å²) in [5, 5.41) is 4.00. The van der Waals surface area contributed by atoms with Crippen LogP contribution in [0.25, 0.3) is 0 Å². The molecule has 1 saturated carbocycles. The second kappa shape index (κ2) is 5.29. The Morgan fingerprint density at radius 3 is 2.78 bits per heavy atom. The smallest absolute Gasteiger partial charge is 0.223 e. The van der Waals surface area contributed by atoms with Crippen LogP contribution in [-0.2, 0) is 17.8 Å². The SMILES string of the molecule is CCNCc1ccc(Cl)c(CC2(C(N)=O)CC2)c1. The predicted molar refractivity (Wildman–Crippen MR) is 73.4 cm³/mol. The molecule has 1 aliphatic rings. The summed E-state index contributed by atoms with van der Waals surface area (Å²) in [6.07, 6.45) is 2.44. The number of nitrogens with two attached hydrogens (primary N) is 1. The first-order valence-corrected chi connectivity index (χ1v) is 6.73. The van der Waals surface area contributed by atoms with Gasteiger partial charge in [0.2, 0.25) is 5.91 Å². The average molecular weight is 267 g/mol. The highest BCUT2D eigenvalue weighted by molar-refractivity contribution is 6.31. The van der Waals surface area contributed by atoms with Crippen molar-refractivity contribution in [2.24, 2.45) is 11.1 Å². The third-order valence-corrected chi connectivity index (χ3v) is 3.96. The van der Waals surface area contributed by atoms with E-state index >= 15 is 0 Å². The molecule has 1 amide bonds. The van der Waals surface area contributed by atoms with Crippen molar-refractivity contribution in [1.82, 2.24) is 5.32 Å². The number of benzene rings is 1. The quantitative estimate of drug-likeness (QED) is 0.830. The minimum absolute atomic E-state index is 0.198. The lowest BCUT2D eigenvalue weighted by Gasteiger charge is -2.13. The highest BCUT2D eigenvalue weighted by atomic mass is 35.5. The van der Waals surface area contributed by atoms with E-state index in [0.717, 1.165) is 36.5 Å². The molecule has 0 heterocycles. The van der Waals surface area contributed by atoms with Gasteiger partial charge in [0.25, 0.3) is 0 Å². The molecule has 1 aromatic rings. The Morgan fingerprint density at radius 1 is 1.50 bits per heavy atom. The van der Waals surface area contributed by atoms with Gasteiger partial charge in [0.05, 0.1) is 5.41 Å². The zero-order valence-corrected chi connectivity index (χ0v) is 11.4. The molecule has 2 rings (SSSR count). The fourth-order valence-electron chi connectivity index (χ4n) is 2.17. The van der Waals surface area contributed by atoms with E-state index in [-0.39, 0.29) is 11.3 Å². The lowest BCUT2D eigenvalue weighted by atomic mass is 9.94. The first-order chi connectivity index (χ1) is 8.57. The van der Waals surface area contributed by atoms with Crippen LogP contribution in [0, 0.1) is 5.41 Å². The van der Waals surface area contributed by atoms with Crippen molar-refractivity contribution >= 4 is 17.5 Å². The van der Waals surface area contributed by atoms with Crippen molar-refractivity contribution in [3.05, 3.63) is 34.3 Å². The summed E-state index contributed by atoms with van der Waals surface area (Å²) in [6.45, 7) is 3.83. The molecule has 0 saturated heterocycles. The van der Waals surface area contributed by atoms with Gasteiger partial charge >= 0.3 is 0 Å². The number of nitrogens with one attached hydrogen (secondary N) is 1. The molecule has 1 fully saturated rings. The van der Waals surface area contributed by atoms with Gasteiger partial charge in [-0.1, -0.05) is 30.7 Å². The summed E-state index contributed by atoms with van der Waals surface area (Å²) in [7, 11) is 0. The predicted octanol–water partition coefficient (Wildman–Crippen LogP) is 2.26. The molecule has 3 nitrogen and oxygen atoms in total. The molecule has 0 radical (unpaired) electrons. The van der Waals surface area contributed by atoms with Crippen molar-refractivity contribution in [2.45, 2.75) is 32.7 Å². The Bertz CT molecular complexity index is 455. The van der Waals surface area contributed by atoms with E-state index in [2.05, 4.69) is 18.3 Å². The van der Waals surface area contributed by atoms with Gasteiger partial charge in [-0.3, -0.25) is 4.79 Å². The third-order valence-electron chi connectivity index (χ3n) is 3.59. The molecule has 0 spiro atoms. The van der Waals surface area contributed by atoms with Gasteiger partial charge in [0.1, 0.15) is 0 Å². The molecule has 0 aliphatic heterocycles. The van der Waals surface area contributed by atoms with Crippen LogP contribution in [0.15, 0.2) is 18.2 Å². The third kappa shape index (κ3) is 2.85. The monoisotopic (exact) mass is 266 g/mol. The summed E-state index contributed by atoms with van der Waals surface area (Å²) in [6, 6.07) is 5.99. The first kappa shape index (κ1) is 13.4. The van der Waals surface area contributed by atoms with Crippen LogP contribution in [0.4, 0.5) is 0 Å². The van der Waals surface area contributed by atoms with E-state index in [0.29, 0.717) is 6.42 Å². The highest BCUT2D eigenvalue weighted by Crippen LogP contribution is 2.48. The molecule has 1 aromatic carbocycles. The van der Waals surface area contributed by atoms with Gasteiger partial charge in [-0.2, -0.15) is 0 Å². The molecular formula is C14H19ClN2O. The second-order valence-corrected chi connectivity index (χ2v) is 5.43. The highest BCUT2D eigenvalue weighted by Gasteiger charge is 2.48. The summed E-state index contributed by atoms with van der Waals surface area (Å²) < 4.78 is 0. The standard InChI is InChI=1S/C14H19ClN2O/c1-2-17-9-10-3-4-12(15)11(7-10)8-14(5-6-14)13(16)18/h3-4,7,17H,2,5-6,8-9H2,1H3,(H2,16,18). The summed E-state index contributed by atoms with van der Waals surface area (Å²) in [5.74, 6) is -0.198. The lowest BCUT2D eigenvalue weighted by Crippen LogP contribution is -2.26. The molecule has 0 bridgehead atoms. The molecule has 0 unspecified atom stereocenters. The van der Waals surface area contributed by atoms with Crippen LogP contribution >= 0.6 is 11.6 Å². The van der Waals surface area contributed by atoms with E-state index in [9.17, 15) is 4.79 Å². The first-order valence-electron chi connectivity index (χ1n) is 6.35. The molecule has 18 heavy (non-hydrogen) atoms.